The first-order valence-electron chi connectivity index (χ1n) is 4.49. The van der Waals surface area contributed by atoms with Gasteiger partial charge in [-0.05, 0) is 23.6 Å². The lowest BCUT2D eigenvalue weighted by Gasteiger charge is -2.11. The van der Waals surface area contributed by atoms with Gasteiger partial charge in [0.25, 0.3) is 0 Å². The molecule has 2 rings (SSSR count). The first kappa shape index (κ1) is 9.82. The fraction of sp³-hybridized carbons (Fsp3) is 0.182. The SMILES string of the molecule is CC1=CP(=S)(c2ccccc2)CC1=O. The average molecular weight is 222 g/mol. The molecule has 1 aromatic rings. The summed E-state index contributed by atoms with van der Waals surface area (Å²) in [5, 5.41) is 1.15. The first-order valence-corrected chi connectivity index (χ1v) is 7.54. The van der Waals surface area contributed by atoms with E-state index < -0.39 is 6.04 Å². The molecule has 1 aliphatic rings. The van der Waals surface area contributed by atoms with Crippen LogP contribution in [0.5, 0.6) is 0 Å². The zero-order valence-corrected chi connectivity index (χ0v) is 9.65. The van der Waals surface area contributed by atoms with Crippen LogP contribution in [0.1, 0.15) is 6.92 Å². The smallest absolute Gasteiger partial charge is 0.164 e. The molecule has 1 aromatic carbocycles. The highest BCUT2D eigenvalue weighted by Gasteiger charge is 2.28. The van der Waals surface area contributed by atoms with Gasteiger partial charge in [0.1, 0.15) is 0 Å². The Kier molecular flexibility index (Phi) is 2.42. The molecule has 3 heteroatoms. The summed E-state index contributed by atoms with van der Waals surface area (Å²) < 4.78 is 0. The first-order chi connectivity index (χ1) is 6.62. The van der Waals surface area contributed by atoms with Gasteiger partial charge in [-0.25, -0.2) is 0 Å². The summed E-state index contributed by atoms with van der Waals surface area (Å²) in [6, 6.07) is 8.28. The van der Waals surface area contributed by atoms with Gasteiger partial charge < -0.3 is 0 Å². The maximum atomic E-state index is 11.5. The van der Waals surface area contributed by atoms with Crippen LogP contribution >= 0.6 is 6.04 Å². The molecule has 1 atom stereocenters. The van der Waals surface area contributed by atoms with Crippen molar-refractivity contribution in [2.45, 2.75) is 6.92 Å². The summed E-state index contributed by atoms with van der Waals surface area (Å²) >= 11 is 5.60. The van der Waals surface area contributed by atoms with Crippen LogP contribution in [-0.2, 0) is 16.6 Å². The Morgan fingerprint density at radius 1 is 1.29 bits per heavy atom. The summed E-state index contributed by atoms with van der Waals surface area (Å²) in [5.74, 6) is 2.23. The van der Waals surface area contributed by atoms with Gasteiger partial charge in [0.2, 0.25) is 0 Å². The lowest BCUT2D eigenvalue weighted by atomic mass is 10.3. The van der Waals surface area contributed by atoms with Crippen LogP contribution in [0.3, 0.4) is 0 Å². The quantitative estimate of drug-likeness (QED) is 0.678. The highest BCUT2D eigenvalue weighted by molar-refractivity contribution is 8.20. The van der Waals surface area contributed by atoms with E-state index in [1.165, 1.54) is 0 Å². The van der Waals surface area contributed by atoms with Crippen molar-refractivity contribution in [2.75, 3.05) is 6.16 Å². The van der Waals surface area contributed by atoms with E-state index in [9.17, 15) is 4.79 Å². The van der Waals surface area contributed by atoms with Crippen molar-refractivity contribution in [1.82, 2.24) is 0 Å². The van der Waals surface area contributed by atoms with Gasteiger partial charge in [-0.3, -0.25) is 4.79 Å². The number of carbonyl (C=O) groups is 1. The number of rotatable bonds is 1. The molecule has 0 bridgehead atoms. The van der Waals surface area contributed by atoms with Crippen LogP contribution in [-0.4, -0.2) is 11.9 Å². The minimum atomic E-state index is -1.71. The number of hydrogen-bond acceptors (Lipinski definition) is 2. The second-order valence-corrected chi connectivity index (χ2v) is 8.16. The van der Waals surface area contributed by atoms with Crippen LogP contribution in [0, 0.1) is 0 Å². The predicted octanol–water partition coefficient (Wildman–Crippen LogP) is 2.28. The Hall–Kier alpha value is -0.720. The topological polar surface area (TPSA) is 17.1 Å². The fourth-order valence-electron chi connectivity index (χ4n) is 1.61. The van der Waals surface area contributed by atoms with E-state index in [-0.39, 0.29) is 5.78 Å². The summed E-state index contributed by atoms with van der Waals surface area (Å²) in [7, 11) is 0. The number of ketones is 1. The minimum Gasteiger partial charge on any atom is -0.294 e. The summed E-state index contributed by atoms with van der Waals surface area (Å²) in [6.45, 7) is 1.86. The zero-order valence-electron chi connectivity index (χ0n) is 7.93. The molecule has 0 amide bonds. The highest BCUT2D eigenvalue weighted by atomic mass is 32.4. The van der Waals surface area contributed by atoms with E-state index in [4.69, 9.17) is 11.8 Å². The van der Waals surface area contributed by atoms with Gasteiger partial charge in [0.05, 0.1) is 0 Å². The predicted molar refractivity (Wildman–Crippen MR) is 64.0 cm³/mol. The molecule has 0 aliphatic carbocycles. The molecule has 72 valence electrons. The van der Waals surface area contributed by atoms with Gasteiger partial charge in [-0.15, -0.1) is 0 Å². The molecule has 0 radical (unpaired) electrons. The van der Waals surface area contributed by atoms with Crippen molar-refractivity contribution >= 4 is 28.9 Å². The molecular formula is C11H11OPS. The standard InChI is InChI=1S/C11H11OPS/c1-9-7-13(14,8-11(9)12)10-5-3-2-4-6-10/h2-7H,8H2,1H3. The van der Waals surface area contributed by atoms with E-state index in [1.54, 1.807) is 0 Å². The molecule has 14 heavy (non-hydrogen) atoms. The largest absolute Gasteiger partial charge is 0.294 e. The van der Waals surface area contributed by atoms with Crippen LogP contribution in [0.2, 0.25) is 0 Å². The number of benzene rings is 1. The maximum Gasteiger partial charge on any atom is 0.164 e. The molecule has 0 aromatic heterocycles. The van der Waals surface area contributed by atoms with Gasteiger partial charge in [0.15, 0.2) is 5.78 Å². The van der Waals surface area contributed by atoms with Gasteiger partial charge in [0, 0.05) is 12.2 Å². The molecule has 0 N–H and O–H groups in total. The summed E-state index contributed by atoms with van der Waals surface area (Å²) in [5.41, 5.74) is 0.845. The average Bonchev–Trinajstić information content (AvgIpc) is 2.44. The van der Waals surface area contributed by atoms with Crippen molar-refractivity contribution in [3.63, 3.8) is 0 Å². The van der Waals surface area contributed by atoms with E-state index >= 15 is 0 Å². The van der Waals surface area contributed by atoms with Crippen molar-refractivity contribution < 1.29 is 4.79 Å². The van der Waals surface area contributed by atoms with Gasteiger partial charge in [-0.1, -0.05) is 42.1 Å². The highest BCUT2D eigenvalue weighted by Crippen LogP contribution is 2.51. The lowest BCUT2D eigenvalue weighted by molar-refractivity contribution is -0.113. The third-order valence-electron chi connectivity index (χ3n) is 2.41. The van der Waals surface area contributed by atoms with Crippen molar-refractivity contribution in [3.8, 4) is 0 Å². The number of hydrogen-bond donors (Lipinski definition) is 0. The van der Waals surface area contributed by atoms with Crippen LogP contribution in [0.4, 0.5) is 0 Å². The molecule has 0 fully saturated rings. The molecule has 0 saturated carbocycles. The van der Waals surface area contributed by atoms with Crippen molar-refractivity contribution in [1.29, 1.82) is 0 Å². The number of allylic oxidation sites excluding steroid dienone is 1. The van der Waals surface area contributed by atoms with Gasteiger partial charge >= 0.3 is 0 Å². The third kappa shape index (κ3) is 1.60. The van der Waals surface area contributed by atoms with Crippen molar-refractivity contribution in [2.24, 2.45) is 0 Å². The number of carbonyl (C=O) groups excluding carboxylic acids is 1. The van der Waals surface area contributed by atoms with E-state index in [0.717, 1.165) is 10.9 Å². The Morgan fingerprint density at radius 3 is 2.43 bits per heavy atom. The molecule has 1 aliphatic heterocycles. The molecule has 1 heterocycles. The third-order valence-corrected chi connectivity index (χ3v) is 6.48. The maximum absolute atomic E-state index is 11.5. The van der Waals surface area contributed by atoms with Crippen molar-refractivity contribution in [3.05, 3.63) is 41.7 Å². The van der Waals surface area contributed by atoms with Gasteiger partial charge in [-0.2, -0.15) is 0 Å². The molecule has 0 spiro atoms. The lowest BCUT2D eigenvalue weighted by Crippen LogP contribution is -2.06. The monoisotopic (exact) mass is 222 g/mol. The summed E-state index contributed by atoms with van der Waals surface area (Å²) in [6.07, 6.45) is 0.540. The second-order valence-electron chi connectivity index (χ2n) is 3.52. The second kappa shape index (κ2) is 3.45. The summed E-state index contributed by atoms with van der Waals surface area (Å²) in [4.78, 5) is 11.5. The molecule has 1 unspecified atom stereocenters. The van der Waals surface area contributed by atoms with E-state index in [0.29, 0.717) is 6.16 Å². The Bertz CT molecular complexity index is 448. The molecular weight excluding hydrogens is 211 g/mol. The zero-order chi connectivity index (χ0) is 10.2. The normalized spacial score (nSPS) is 26.4. The van der Waals surface area contributed by atoms with Crippen LogP contribution < -0.4 is 5.30 Å². The number of Topliss-reactive ketones (excluding diaryl/α,β-unsaturated/α-hetero) is 1. The Balaban J connectivity index is 2.47. The van der Waals surface area contributed by atoms with Crippen LogP contribution in [0.25, 0.3) is 0 Å². The molecule has 0 saturated heterocycles. The minimum absolute atomic E-state index is 0.220. The Labute approximate surface area is 88.8 Å². The van der Waals surface area contributed by atoms with E-state index in [2.05, 4.69) is 0 Å². The van der Waals surface area contributed by atoms with E-state index in [1.807, 2.05) is 43.1 Å². The Morgan fingerprint density at radius 2 is 1.93 bits per heavy atom. The fourth-order valence-corrected chi connectivity index (χ4v) is 5.35. The molecule has 1 nitrogen and oxygen atoms in total. The van der Waals surface area contributed by atoms with Crippen LogP contribution in [0.15, 0.2) is 41.7 Å².